The van der Waals surface area contributed by atoms with Crippen LogP contribution in [0, 0.1) is 18.6 Å². The Bertz CT molecular complexity index is 1540. The number of aliphatic hydroxyl groups is 1. The maximum atomic E-state index is 15.0. The number of benzene rings is 3. The molecule has 0 aliphatic heterocycles. The Hall–Kier alpha value is -3.82. The smallest absolute Gasteiger partial charge is 0.137 e. The SMILES string of the molecule is Cc1nn([C@H](C)[C@](O)(Cn2cncn2)c2ccc(F)cc2F)c2ccc(NCc3ccc(Cl)cc3)cc12. The van der Waals surface area contributed by atoms with Gasteiger partial charge in [-0.05, 0) is 55.8 Å². The summed E-state index contributed by atoms with van der Waals surface area (Å²) in [5.41, 5.74) is 1.63. The van der Waals surface area contributed by atoms with Gasteiger partial charge in [-0.1, -0.05) is 29.8 Å². The Kier molecular flexibility index (Phi) is 6.66. The minimum Gasteiger partial charge on any atom is -0.381 e. The molecule has 10 heteroatoms. The fourth-order valence-corrected chi connectivity index (χ4v) is 4.68. The number of nitrogens with zero attached hydrogens (tertiary/aromatic N) is 5. The summed E-state index contributed by atoms with van der Waals surface area (Å²) in [7, 11) is 0. The molecule has 2 atom stereocenters. The van der Waals surface area contributed by atoms with E-state index in [1.54, 1.807) is 11.6 Å². The van der Waals surface area contributed by atoms with Gasteiger partial charge in [0.25, 0.3) is 0 Å². The maximum absolute atomic E-state index is 15.0. The van der Waals surface area contributed by atoms with E-state index in [1.807, 2.05) is 49.4 Å². The minimum atomic E-state index is -1.82. The summed E-state index contributed by atoms with van der Waals surface area (Å²) in [6, 6.07) is 15.9. The normalized spacial score (nSPS) is 14.0. The van der Waals surface area contributed by atoms with Gasteiger partial charge >= 0.3 is 0 Å². The van der Waals surface area contributed by atoms with Crippen LogP contribution in [0.25, 0.3) is 10.9 Å². The molecule has 5 aromatic rings. The van der Waals surface area contributed by atoms with Gasteiger partial charge in [0.15, 0.2) is 0 Å². The molecule has 3 aromatic carbocycles. The van der Waals surface area contributed by atoms with E-state index in [9.17, 15) is 13.9 Å². The topological polar surface area (TPSA) is 80.8 Å². The van der Waals surface area contributed by atoms with Crippen LogP contribution < -0.4 is 5.32 Å². The van der Waals surface area contributed by atoms with Crippen molar-refractivity contribution in [2.24, 2.45) is 0 Å². The van der Waals surface area contributed by atoms with Crippen molar-refractivity contribution in [3.05, 3.63) is 107 Å². The van der Waals surface area contributed by atoms with Gasteiger partial charge in [0.05, 0.1) is 23.8 Å². The fourth-order valence-electron chi connectivity index (χ4n) is 4.55. The van der Waals surface area contributed by atoms with Crippen molar-refractivity contribution in [1.29, 1.82) is 0 Å². The molecule has 0 saturated carbocycles. The number of hydrogen-bond donors (Lipinski definition) is 2. The first-order chi connectivity index (χ1) is 17.7. The summed E-state index contributed by atoms with van der Waals surface area (Å²) in [6.07, 6.45) is 2.77. The van der Waals surface area contributed by atoms with E-state index < -0.39 is 23.3 Å². The third-order valence-electron chi connectivity index (χ3n) is 6.63. The van der Waals surface area contributed by atoms with Gasteiger partial charge in [-0.3, -0.25) is 4.68 Å². The van der Waals surface area contributed by atoms with Gasteiger partial charge in [-0.25, -0.2) is 18.4 Å². The number of fused-ring (bicyclic) bond motifs is 1. The molecule has 0 unspecified atom stereocenters. The van der Waals surface area contributed by atoms with E-state index in [-0.39, 0.29) is 12.1 Å². The molecule has 2 N–H and O–H groups in total. The third-order valence-corrected chi connectivity index (χ3v) is 6.88. The molecule has 5 rings (SSSR count). The second-order valence-electron chi connectivity index (χ2n) is 9.06. The highest BCUT2D eigenvalue weighted by Crippen LogP contribution is 2.38. The van der Waals surface area contributed by atoms with Crippen molar-refractivity contribution in [1.82, 2.24) is 24.5 Å². The average Bonchev–Trinajstić information content (AvgIpc) is 3.50. The van der Waals surface area contributed by atoms with Gasteiger partial charge in [0, 0.05) is 34.3 Å². The Labute approximate surface area is 217 Å². The van der Waals surface area contributed by atoms with Crippen LogP contribution in [-0.4, -0.2) is 29.7 Å². The van der Waals surface area contributed by atoms with E-state index in [0.29, 0.717) is 11.6 Å². The van der Waals surface area contributed by atoms with Crippen molar-refractivity contribution in [2.75, 3.05) is 5.32 Å². The molecule has 0 radical (unpaired) electrons. The van der Waals surface area contributed by atoms with Crippen LogP contribution in [0.4, 0.5) is 14.5 Å². The first-order valence-corrected chi connectivity index (χ1v) is 12.1. The number of rotatable bonds is 8. The number of nitrogens with one attached hydrogen (secondary N) is 1. The van der Waals surface area contributed by atoms with E-state index in [0.717, 1.165) is 40.0 Å². The predicted octanol–water partition coefficient (Wildman–Crippen LogP) is 5.63. The molecular weight excluding hydrogens is 498 g/mol. The molecule has 0 saturated heterocycles. The van der Waals surface area contributed by atoms with E-state index in [1.165, 1.54) is 23.4 Å². The molecule has 0 spiro atoms. The van der Waals surface area contributed by atoms with E-state index >= 15 is 0 Å². The lowest BCUT2D eigenvalue weighted by molar-refractivity contribution is -0.0355. The molecule has 0 aliphatic rings. The van der Waals surface area contributed by atoms with Crippen LogP contribution >= 0.6 is 11.6 Å². The molecule has 0 aliphatic carbocycles. The zero-order chi connectivity index (χ0) is 26.2. The monoisotopic (exact) mass is 522 g/mol. The van der Waals surface area contributed by atoms with Crippen LogP contribution in [-0.2, 0) is 18.7 Å². The quantitative estimate of drug-likeness (QED) is 0.276. The van der Waals surface area contributed by atoms with Crippen molar-refractivity contribution in [2.45, 2.75) is 38.6 Å². The van der Waals surface area contributed by atoms with E-state index in [2.05, 4.69) is 15.4 Å². The third kappa shape index (κ3) is 4.92. The van der Waals surface area contributed by atoms with Gasteiger partial charge in [0.1, 0.15) is 29.9 Å². The maximum Gasteiger partial charge on any atom is 0.137 e. The fraction of sp³-hybridized carbons (Fsp3) is 0.222. The summed E-state index contributed by atoms with van der Waals surface area (Å²) >= 11 is 5.97. The lowest BCUT2D eigenvalue weighted by Crippen LogP contribution is -2.41. The highest BCUT2D eigenvalue weighted by Gasteiger charge is 2.41. The lowest BCUT2D eigenvalue weighted by atomic mass is 9.86. The summed E-state index contributed by atoms with van der Waals surface area (Å²) in [5.74, 6) is -1.58. The second-order valence-corrected chi connectivity index (χ2v) is 9.50. The van der Waals surface area contributed by atoms with Gasteiger partial charge < -0.3 is 10.4 Å². The van der Waals surface area contributed by atoms with Crippen LogP contribution in [0.5, 0.6) is 0 Å². The highest BCUT2D eigenvalue weighted by molar-refractivity contribution is 6.30. The molecule has 0 fully saturated rings. The molecule has 7 nitrogen and oxygen atoms in total. The summed E-state index contributed by atoms with van der Waals surface area (Å²) in [4.78, 5) is 3.93. The van der Waals surface area contributed by atoms with Crippen molar-refractivity contribution in [3.63, 3.8) is 0 Å². The zero-order valence-electron chi connectivity index (χ0n) is 20.2. The van der Waals surface area contributed by atoms with Crippen molar-refractivity contribution in [3.8, 4) is 0 Å². The molecular formula is C27H25ClF2N6O. The summed E-state index contributed by atoms with van der Waals surface area (Å²) in [6.45, 7) is 4.13. The number of hydrogen-bond acceptors (Lipinski definition) is 5. The Morgan fingerprint density at radius 3 is 2.57 bits per heavy atom. The Balaban J connectivity index is 1.50. The van der Waals surface area contributed by atoms with Crippen molar-refractivity contribution < 1.29 is 13.9 Å². The molecule has 190 valence electrons. The lowest BCUT2D eigenvalue weighted by Gasteiger charge is -2.35. The Morgan fingerprint density at radius 1 is 1.08 bits per heavy atom. The standard InChI is InChI=1S/C27H25ClF2N6O/c1-17-23-12-22(32-13-19-3-5-20(28)6-4-19)8-10-26(23)36(34-17)18(2)27(37,14-35-16-31-15-33-35)24-9-7-21(29)11-25(24)30/h3-12,15-16,18,32,37H,13-14H2,1-2H3/t18-,27-/m1/s1. The Morgan fingerprint density at radius 2 is 1.86 bits per heavy atom. The molecule has 0 amide bonds. The van der Waals surface area contributed by atoms with Crippen LogP contribution in [0.1, 0.15) is 29.8 Å². The van der Waals surface area contributed by atoms with Crippen LogP contribution in [0.3, 0.4) is 0 Å². The van der Waals surface area contributed by atoms with Gasteiger partial charge in [-0.15, -0.1) is 0 Å². The first kappa shape index (κ1) is 24.9. The molecule has 2 aromatic heterocycles. The van der Waals surface area contributed by atoms with Gasteiger partial charge in [0.2, 0.25) is 0 Å². The predicted molar refractivity (Wildman–Crippen MR) is 138 cm³/mol. The summed E-state index contributed by atoms with van der Waals surface area (Å²) < 4.78 is 31.8. The van der Waals surface area contributed by atoms with Crippen molar-refractivity contribution >= 4 is 28.2 Å². The molecule has 37 heavy (non-hydrogen) atoms. The first-order valence-electron chi connectivity index (χ1n) is 11.7. The zero-order valence-corrected chi connectivity index (χ0v) is 21.0. The number of aryl methyl sites for hydroxylation is 1. The number of aromatic nitrogens is 5. The molecule has 0 bridgehead atoms. The largest absolute Gasteiger partial charge is 0.381 e. The van der Waals surface area contributed by atoms with Crippen LogP contribution in [0.15, 0.2) is 73.3 Å². The molecule has 2 heterocycles. The number of halogens is 3. The van der Waals surface area contributed by atoms with Gasteiger partial charge in [-0.2, -0.15) is 10.2 Å². The van der Waals surface area contributed by atoms with E-state index in [4.69, 9.17) is 16.7 Å². The number of anilines is 1. The summed E-state index contributed by atoms with van der Waals surface area (Å²) in [5, 5.41) is 25.7. The highest BCUT2D eigenvalue weighted by atomic mass is 35.5. The second kappa shape index (κ2) is 9.91. The van der Waals surface area contributed by atoms with Crippen LogP contribution in [0.2, 0.25) is 5.02 Å². The average molecular weight is 523 g/mol. The minimum absolute atomic E-state index is 0.0561.